The summed E-state index contributed by atoms with van der Waals surface area (Å²) in [6.07, 6.45) is 5.39. The highest BCUT2D eigenvalue weighted by Gasteiger charge is 2.40. The van der Waals surface area contributed by atoms with Crippen molar-refractivity contribution in [3.05, 3.63) is 252 Å². The van der Waals surface area contributed by atoms with E-state index in [1.165, 1.54) is 50.5 Å². The standard InChI is InChI=1S/C23H28O5.C21H26O4.C21H24O3.C11H16O5.C6H10O4/c1-17-21(26-15-20-11-7-4-8-12-20)13-23(27-18(2)24)28-22(17)16-25-14-19-9-5-3-6-10-19;1-16-19(24-14-18-10-6-3-7-11-18)12-21(22)25-20(16)15-23-13-17-8-4-2-5-9-17;1-17-20(24-15-19-10-6-3-7-11-19)12-13-23-21(17)16-22-14-18-8-4-2-5-9-18;1-7-10(16-9(3)13)4-5-14-11(7)6-15-8(2)12;7-3-5-6(9)4(8)1-2-10-5/h3-12,17,21-23H,13-16H2,1-2H3;2-11,16,19-22H,12-15H2,1H3;2-13,17,20-21H,14-16H2,1H3;4-5,7,10-11H,6H2,1-3H3;1-2,4-9H,3H2. The number of aliphatic hydroxyl groups excluding tert-OH is 4. The summed E-state index contributed by atoms with van der Waals surface area (Å²) in [6, 6.07) is 60.6. The van der Waals surface area contributed by atoms with Gasteiger partial charge in [0, 0.05) is 57.3 Å². The molecule has 0 aromatic heterocycles. The zero-order valence-corrected chi connectivity index (χ0v) is 60.0. The third-order valence-electron chi connectivity index (χ3n) is 17.7. The van der Waals surface area contributed by atoms with Crippen molar-refractivity contribution in [2.75, 3.05) is 33.0 Å². The van der Waals surface area contributed by atoms with E-state index in [0.29, 0.717) is 72.3 Å². The number of benzene rings is 6. The molecule has 0 amide bonds. The van der Waals surface area contributed by atoms with Gasteiger partial charge in [0.25, 0.3) is 0 Å². The van der Waals surface area contributed by atoms with Crippen LogP contribution in [0.25, 0.3) is 0 Å². The van der Waals surface area contributed by atoms with E-state index in [0.717, 1.165) is 22.3 Å². The lowest BCUT2D eigenvalue weighted by Crippen LogP contribution is -2.47. The Hall–Kier alpha value is -8.13. The first-order valence-electron chi connectivity index (χ1n) is 35.1. The molecule has 6 aromatic carbocycles. The third-order valence-corrected chi connectivity index (χ3v) is 17.7. The van der Waals surface area contributed by atoms with Crippen molar-refractivity contribution in [2.45, 2.75) is 181 Å². The fourth-order valence-electron chi connectivity index (χ4n) is 11.4. The number of carbonyl (C=O) groups excluding carboxylic acids is 3. The molecule has 21 heteroatoms. The predicted octanol–water partition coefficient (Wildman–Crippen LogP) is 11.6. The van der Waals surface area contributed by atoms with Gasteiger partial charge in [0.1, 0.15) is 43.2 Å². The van der Waals surface area contributed by atoms with E-state index in [1.807, 2.05) is 171 Å². The maximum Gasteiger partial charge on any atom is 0.304 e. The van der Waals surface area contributed by atoms with Crippen LogP contribution in [-0.4, -0.2) is 151 Å². The maximum atomic E-state index is 11.4. The van der Waals surface area contributed by atoms with Gasteiger partial charge in [-0.1, -0.05) is 210 Å². The van der Waals surface area contributed by atoms with Crippen LogP contribution < -0.4 is 0 Å². The Morgan fingerprint density at radius 3 is 1.17 bits per heavy atom. The lowest BCUT2D eigenvalue weighted by atomic mass is 9.92. The van der Waals surface area contributed by atoms with E-state index < -0.39 is 30.9 Å². The number of hydrogen-bond donors (Lipinski definition) is 4. The van der Waals surface area contributed by atoms with Gasteiger partial charge in [-0.2, -0.15) is 0 Å². The maximum absolute atomic E-state index is 11.4. The average Bonchev–Trinajstić information content (AvgIpc) is 0.862. The van der Waals surface area contributed by atoms with Crippen molar-refractivity contribution in [3.8, 4) is 0 Å². The van der Waals surface area contributed by atoms with Crippen LogP contribution in [0.4, 0.5) is 0 Å². The molecule has 21 nitrogen and oxygen atoms in total. The summed E-state index contributed by atoms with van der Waals surface area (Å²) in [6.45, 7) is 16.9. The van der Waals surface area contributed by atoms with Gasteiger partial charge in [-0.15, -0.1) is 0 Å². The van der Waals surface area contributed by atoms with Crippen LogP contribution in [0.3, 0.4) is 0 Å². The van der Waals surface area contributed by atoms with Crippen LogP contribution in [0.1, 0.15) is 94.7 Å². The molecule has 558 valence electrons. The van der Waals surface area contributed by atoms with Crippen molar-refractivity contribution >= 4 is 17.9 Å². The first-order chi connectivity index (χ1) is 49.9. The fourth-order valence-corrected chi connectivity index (χ4v) is 11.4. The van der Waals surface area contributed by atoms with Crippen molar-refractivity contribution in [3.63, 3.8) is 0 Å². The Morgan fingerprint density at radius 2 is 0.748 bits per heavy atom. The van der Waals surface area contributed by atoms with Crippen molar-refractivity contribution in [2.24, 2.45) is 23.7 Å². The number of rotatable bonds is 26. The summed E-state index contributed by atoms with van der Waals surface area (Å²) in [5.41, 5.74) is 6.84. The summed E-state index contributed by atoms with van der Waals surface area (Å²) in [7, 11) is 0. The molecule has 0 aliphatic carbocycles. The van der Waals surface area contributed by atoms with Crippen molar-refractivity contribution in [1.82, 2.24) is 0 Å². The van der Waals surface area contributed by atoms with Crippen molar-refractivity contribution in [1.29, 1.82) is 0 Å². The van der Waals surface area contributed by atoms with Crippen LogP contribution in [0, 0.1) is 23.7 Å². The topological polar surface area (TPSA) is 261 Å². The molecule has 0 saturated carbocycles. The Morgan fingerprint density at radius 1 is 0.388 bits per heavy atom. The average molecular weight is 1430 g/mol. The summed E-state index contributed by atoms with van der Waals surface area (Å²) >= 11 is 0. The van der Waals surface area contributed by atoms with E-state index in [2.05, 4.69) is 45.0 Å². The van der Waals surface area contributed by atoms with Gasteiger partial charge in [-0.3, -0.25) is 14.4 Å². The molecular formula is C82H104O21. The summed E-state index contributed by atoms with van der Waals surface area (Å²) in [5, 5.41) is 36.6. The zero-order chi connectivity index (χ0) is 73.6. The molecule has 6 aromatic rings. The first-order valence-corrected chi connectivity index (χ1v) is 35.1. The van der Waals surface area contributed by atoms with E-state index in [-0.39, 0.29) is 104 Å². The molecule has 0 spiro atoms. The van der Waals surface area contributed by atoms with Crippen LogP contribution in [0.15, 0.2) is 219 Å². The number of esters is 3. The Labute approximate surface area is 606 Å². The molecule has 5 aliphatic rings. The Balaban J connectivity index is 0.000000186. The van der Waals surface area contributed by atoms with Crippen LogP contribution in [-0.2, 0) is 120 Å². The largest absolute Gasteiger partial charge is 0.495 e. The Bertz CT molecular complexity index is 3370. The highest BCUT2D eigenvalue weighted by Crippen LogP contribution is 2.32. The van der Waals surface area contributed by atoms with Gasteiger partial charge >= 0.3 is 17.9 Å². The minimum absolute atomic E-state index is 0.0134. The molecule has 2 saturated heterocycles. The minimum Gasteiger partial charge on any atom is -0.495 e. The third kappa shape index (κ3) is 30.2. The van der Waals surface area contributed by atoms with Crippen molar-refractivity contribution < 1.29 is 101 Å². The van der Waals surface area contributed by atoms with Crippen LogP contribution in [0.2, 0.25) is 0 Å². The minimum atomic E-state index is -1.02. The van der Waals surface area contributed by atoms with E-state index in [9.17, 15) is 19.5 Å². The molecule has 2 fully saturated rings. The molecule has 5 heterocycles. The lowest BCUT2D eigenvalue weighted by Gasteiger charge is -2.39. The molecule has 0 radical (unpaired) electrons. The van der Waals surface area contributed by atoms with E-state index in [4.69, 9.17) is 81.6 Å². The molecule has 17 atom stereocenters. The SMILES string of the molecule is CC(=O)OC1CC(OCc2ccccc2)C(C)C(COCc2ccccc2)O1.CC(=O)OCC1OC=CC(OC(C)=O)C1C.CC1C(OCc2ccccc2)C=COC1COCc1ccccc1.CC1C(OCc2ccccc2)CC(O)OC1COCc1ccccc1.OCC1OC=CC(O)C1O. The Kier molecular flexibility index (Phi) is 36.6. The van der Waals surface area contributed by atoms with Crippen LogP contribution in [0.5, 0.6) is 0 Å². The number of hydrogen-bond acceptors (Lipinski definition) is 21. The monoisotopic (exact) mass is 1420 g/mol. The second-order valence-electron chi connectivity index (χ2n) is 25.7. The van der Waals surface area contributed by atoms with Gasteiger partial charge in [0.05, 0.1) is 115 Å². The number of aliphatic hydroxyl groups is 4. The summed E-state index contributed by atoms with van der Waals surface area (Å²) in [4.78, 5) is 32.9. The zero-order valence-electron chi connectivity index (χ0n) is 60.0. The molecule has 17 unspecified atom stereocenters. The summed E-state index contributed by atoms with van der Waals surface area (Å²) in [5.74, 6) is -0.578. The highest BCUT2D eigenvalue weighted by atomic mass is 16.7. The molecule has 0 bridgehead atoms. The number of carbonyl (C=O) groups is 3. The van der Waals surface area contributed by atoms with Gasteiger partial charge < -0.3 is 86.7 Å². The van der Waals surface area contributed by atoms with E-state index in [1.54, 1.807) is 12.3 Å². The first kappa shape index (κ1) is 82.2. The molecule has 103 heavy (non-hydrogen) atoms. The summed E-state index contributed by atoms with van der Waals surface area (Å²) < 4.78 is 78.5. The quantitative estimate of drug-likeness (QED) is 0.0290. The second-order valence-corrected chi connectivity index (χ2v) is 25.7. The normalized spacial score (nSPS) is 26.7. The van der Waals surface area contributed by atoms with Gasteiger partial charge in [0.15, 0.2) is 6.29 Å². The fraction of sp³-hybridized carbons (Fsp3) is 0.451. The highest BCUT2D eigenvalue weighted by molar-refractivity contribution is 5.67. The van der Waals surface area contributed by atoms with E-state index >= 15 is 0 Å². The molecular weight excluding hydrogens is 1320 g/mol. The van der Waals surface area contributed by atoms with Gasteiger partial charge in [-0.25, -0.2) is 0 Å². The molecule has 5 aliphatic heterocycles. The lowest BCUT2D eigenvalue weighted by molar-refractivity contribution is -0.245. The van der Waals surface area contributed by atoms with Gasteiger partial charge in [-0.05, 0) is 51.6 Å². The predicted molar refractivity (Wildman–Crippen MR) is 384 cm³/mol. The second kappa shape index (κ2) is 45.9. The smallest absolute Gasteiger partial charge is 0.304 e. The molecule has 11 rings (SSSR count). The van der Waals surface area contributed by atoms with Crippen LogP contribution >= 0.6 is 0 Å². The number of ether oxygens (including phenoxy) is 14. The molecule has 4 N–H and O–H groups in total. The van der Waals surface area contributed by atoms with Gasteiger partial charge in [0.2, 0.25) is 6.29 Å².